The average molecular weight is 312 g/mol. The van der Waals surface area contributed by atoms with Gasteiger partial charge in [-0.05, 0) is 37.4 Å². The van der Waals surface area contributed by atoms with Crippen LogP contribution in [0, 0.1) is 11.3 Å². The molecular weight excluding hydrogens is 292 g/mol. The van der Waals surface area contributed by atoms with Crippen LogP contribution >= 0.6 is 11.8 Å². The molecule has 0 aliphatic heterocycles. The van der Waals surface area contributed by atoms with Gasteiger partial charge >= 0.3 is 0 Å². The predicted molar refractivity (Wildman–Crippen MR) is 83.7 cm³/mol. The van der Waals surface area contributed by atoms with E-state index in [1.165, 1.54) is 12.1 Å². The van der Waals surface area contributed by atoms with Crippen LogP contribution in [0.2, 0.25) is 0 Å². The highest BCUT2D eigenvalue weighted by atomic mass is 32.2. The molecule has 0 radical (unpaired) electrons. The molecule has 4 nitrogen and oxygen atoms in total. The molecule has 0 aliphatic carbocycles. The number of thioether (sulfide) groups is 1. The van der Waals surface area contributed by atoms with Crippen LogP contribution in [-0.2, 0) is 9.84 Å². The van der Waals surface area contributed by atoms with Crippen molar-refractivity contribution in [1.82, 2.24) is 5.32 Å². The lowest BCUT2D eigenvalue weighted by molar-refractivity contribution is 0.589. The fourth-order valence-corrected chi connectivity index (χ4v) is 3.23. The van der Waals surface area contributed by atoms with Crippen molar-refractivity contribution in [1.29, 1.82) is 5.26 Å². The quantitative estimate of drug-likeness (QED) is 0.744. The van der Waals surface area contributed by atoms with Crippen LogP contribution in [0.15, 0.2) is 29.2 Å². The lowest BCUT2D eigenvalue weighted by Gasteiger charge is -2.09. The third-order valence-corrected chi connectivity index (χ3v) is 5.75. The molecule has 0 bridgehead atoms. The lowest BCUT2D eigenvalue weighted by Crippen LogP contribution is -2.25. The molecule has 1 atom stereocenters. The molecular formula is C14H20N2O2S2. The lowest BCUT2D eigenvalue weighted by atomic mass is 10.2. The third-order valence-electron chi connectivity index (χ3n) is 3.00. The zero-order valence-corrected chi connectivity index (χ0v) is 13.4. The standard InChI is InChI=1S/C14H20N2O2S2/c1-12(19-2)6-7-16-8-9-20(17,18)14-5-3-4-13(10-14)11-15/h3-5,10,12,16H,6-9H2,1-2H3. The molecule has 1 aromatic rings. The molecule has 0 amide bonds. The van der Waals surface area contributed by atoms with Gasteiger partial charge in [0, 0.05) is 11.8 Å². The van der Waals surface area contributed by atoms with Crippen molar-refractivity contribution in [2.45, 2.75) is 23.5 Å². The van der Waals surface area contributed by atoms with Crippen LogP contribution in [0.1, 0.15) is 18.9 Å². The average Bonchev–Trinajstić information content (AvgIpc) is 2.46. The Hall–Kier alpha value is -1.03. The smallest absolute Gasteiger partial charge is 0.179 e. The minimum atomic E-state index is -3.32. The maximum absolute atomic E-state index is 12.1. The van der Waals surface area contributed by atoms with Gasteiger partial charge in [0.25, 0.3) is 0 Å². The monoisotopic (exact) mass is 312 g/mol. The summed E-state index contributed by atoms with van der Waals surface area (Å²) in [6, 6.07) is 8.10. The van der Waals surface area contributed by atoms with Crippen molar-refractivity contribution >= 4 is 21.6 Å². The van der Waals surface area contributed by atoms with Gasteiger partial charge in [-0.15, -0.1) is 0 Å². The molecule has 0 fully saturated rings. The fraction of sp³-hybridized carbons (Fsp3) is 0.500. The Kier molecular flexibility index (Phi) is 7.06. The van der Waals surface area contributed by atoms with E-state index in [9.17, 15) is 8.42 Å². The Morgan fingerprint density at radius 1 is 1.40 bits per heavy atom. The Balaban J connectivity index is 2.48. The molecule has 1 aromatic carbocycles. The van der Waals surface area contributed by atoms with Gasteiger partial charge in [0.05, 0.1) is 22.3 Å². The van der Waals surface area contributed by atoms with Gasteiger partial charge in [0.15, 0.2) is 9.84 Å². The summed E-state index contributed by atoms with van der Waals surface area (Å²) in [7, 11) is -3.32. The molecule has 1 N–H and O–H groups in total. The second-order valence-electron chi connectivity index (χ2n) is 4.54. The van der Waals surface area contributed by atoms with E-state index in [1.807, 2.05) is 6.07 Å². The number of sulfone groups is 1. The molecule has 20 heavy (non-hydrogen) atoms. The summed E-state index contributed by atoms with van der Waals surface area (Å²) in [6.45, 7) is 3.40. The first kappa shape index (κ1) is 17.0. The molecule has 6 heteroatoms. The highest BCUT2D eigenvalue weighted by molar-refractivity contribution is 7.99. The maximum Gasteiger partial charge on any atom is 0.179 e. The SMILES string of the molecule is CSC(C)CCNCCS(=O)(=O)c1cccc(C#N)c1. The van der Waals surface area contributed by atoms with Gasteiger partial charge in [0.2, 0.25) is 0 Å². The molecule has 110 valence electrons. The Bertz CT molecular complexity index is 565. The maximum atomic E-state index is 12.1. The van der Waals surface area contributed by atoms with Crippen molar-refractivity contribution in [2.24, 2.45) is 0 Å². The van der Waals surface area contributed by atoms with E-state index < -0.39 is 9.84 Å². The molecule has 0 spiro atoms. The predicted octanol–water partition coefficient (Wildman–Crippen LogP) is 2.06. The van der Waals surface area contributed by atoms with Gasteiger partial charge < -0.3 is 5.32 Å². The number of nitriles is 1. The summed E-state index contributed by atoms with van der Waals surface area (Å²) < 4.78 is 24.2. The largest absolute Gasteiger partial charge is 0.316 e. The summed E-state index contributed by atoms with van der Waals surface area (Å²) >= 11 is 1.80. The zero-order valence-electron chi connectivity index (χ0n) is 11.8. The highest BCUT2D eigenvalue weighted by Crippen LogP contribution is 2.12. The minimum absolute atomic E-state index is 0.0511. The summed E-state index contributed by atoms with van der Waals surface area (Å²) in [6.07, 6.45) is 3.09. The second kappa shape index (κ2) is 8.30. The van der Waals surface area contributed by atoms with E-state index in [-0.39, 0.29) is 10.6 Å². The van der Waals surface area contributed by atoms with Crippen molar-refractivity contribution in [3.05, 3.63) is 29.8 Å². The van der Waals surface area contributed by atoms with Crippen LogP contribution < -0.4 is 5.32 Å². The van der Waals surface area contributed by atoms with Gasteiger partial charge in [-0.2, -0.15) is 17.0 Å². The number of nitrogens with zero attached hydrogens (tertiary/aromatic N) is 1. The number of hydrogen-bond acceptors (Lipinski definition) is 5. The van der Waals surface area contributed by atoms with E-state index in [1.54, 1.807) is 23.9 Å². The molecule has 0 saturated carbocycles. The fourth-order valence-electron chi connectivity index (χ4n) is 1.63. The van der Waals surface area contributed by atoms with Crippen molar-refractivity contribution in [2.75, 3.05) is 25.1 Å². The minimum Gasteiger partial charge on any atom is -0.316 e. The van der Waals surface area contributed by atoms with Gasteiger partial charge in [-0.25, -0.2) is 8.42 Å². The Morgan fingerprint density at radius 2 is 2.15 bits per heavy atom. The van der Waals surface area contributed by atoms with E-state index in [0.717, 1.165) is 13.0 Å². The summed E-state index contributed by atoms with van der Waals surface area (Å²) in [5.41, 5.74) is 0.368. The summed E-state index contributed by atoms with van der Waals surface area (Å²) in [4.78, 5) is 0.218. The molecule has 1 rings (SSSR count). The van der Waals surface area contributed by atoms with Gasteiger partial charge in [-0.1, -0.05) is 13.0 Å². The number of nitrogens with one attached hydrogen (secondary N) is 1. The number of rotatable bonds is 8. The Morgan fingerprint density at radius 3 is 2.80 bits per heavy atom. The first-order valence-corrected chi connectivity index (χ1v) is 9.40. The van der Waals surface area contributed by atoms with Crippen LogP contribution in [-0.4, -0.2) is 38.8 Å². The second-order valence-corrected chi connectivity index (χ2v) is 7.93. The zero-order chi connectivity index (χ0) is 15.0. The van der Waals surface area contributed by atoms with Crippen molar-refractivity contribution in [3.8, 4) is 6.07 Å². The van der Waals surface area contributed by atoms with E-state index in [4.69, 9.17) is 5.26 Å². The number of hydrogen-bond donors (Lipinski definition) is 1. The third kappa shape index (κ3) is 5.53. The van der Waals surface area contributed by atoms with Crippen LogP contribution in [0.25, 0.3) is 0 Å². The molecule has 0 heterocycles. The topological polar surface area (TPSA) is 70.0 Å². The van der Waals surface area contributed by atoms with E-state index in [0.29, 0.717) is 17.4 Å². The first-order valence-electron chi connectivity index (χ1n) is 6.46. The van der Waals surface area contributed by atoms with Crippen LogP contribution in [0.5, 0.6) is 0 Å². The molecule has 1 unspecified atom stereocenters. The van der Waals surface area contributed by atoms with Gasteiger partial charge in [-0.3, -0.25) is 0 Å². The Labute approximate surface area is 125 Å². The van der Waals surface area contributed by atoms with Crippen LogP contribution in [0.3, 0.4) is 0 Å². The van der Waals surface area contributed by atoms with Crippen LogP contribution in [0.4, 0.5) is 0 Å². The van der Waals surface area contributed by atoms with Crippen molar-refractivity contribution in [3.63, 3.8) is 0 Å². The highest BCUT2D eigenvalue weighted by Gasteiger charge is 2.14. The first-order chi connectivity index (χ1) is 9.49. The normalized spacial score (nSPS) is 12.8. The molecule has 0 aromatic heterocycles. The summed E-state index contributed by atoms with van der Waals surface area (Å²) in [5.74, 6) is 0.0511. The molecule has 0 saturated heterocycles. The van der Waals surface area contributed by atoms with E-state index in [2.05, 4.69) is 18.5 Å². The molecule has 0 aliphatic rings. The van der Waals surface area contributed by atoms with Crippen molar-refractivity contribution < 1.29 is 8.42 Å². The van der Waals surface area contributed by atoms with E-state index >= 15 is 0 Å². The summed E-state index contributed by atoms with van der Waals surface area (Å²) in [5, 5.41) is 12.5. The van der Waals surface area contributed by atoms with Gasteiger partial charge in [0.1, 0.15) is 0 Å². The number of benzene rings is 1.